The molecule has 1 aliphatic rings. The van der Waals surface area contributed by atoms with Crippen molar-refractivity contribution in [2.75, 3.05) is 33.2 Å². The molecule has 21 heavy (non-hydrogen) atoms. The zero-order chi connectivity index (χ0) is 13.5. The molecule has 120 valence electrons. The van der Waals surface area contributed by atoms with Gasteiger partial charge in [-0.2, -0.15) is 0 Å². The number of carbonyl (C=O) groups is 1. The highest BCUT2D eigenvalue weighted by atomic mass is 35.5. The van der Waals surface area contributed by atoms with E-state index < -0.39 is 0 Å². The second-order valence-electron chi connectivity index (χ2n) is 5.04. The summed E-state index contributed by atoms with van der Waals surface area (Å²) in [5.74, 6) is 0.0125. The summed E-state index contributed by atoms with van der Waals surface area (Å²) in [6, 6.07) is 7.95. The first kappa shape index (κ1) is 20.2. The van der Waals surface area contributed by atoms with Crippen molar-refractivity contribution in [3.63, 3.8) is 0 Å². The third-order valence-electron chi connectivity index (χ3n) is 3.45. The smallest absolute Gasteiger partial charge is 0.251 e. The lowest BCUT2D eigenvalue weighted by atomic mass is 10.1. The van der Waals surface area contributed by atoms with E-state index in [1.54, 1.807) is 0 Å². The van der Waals surface area contributed by atoms with Crippen molar-refractivity contribution in [3.8, 4) is 0 Å². The highest BCUT2D eigenvalue weighted by Gasteiger charge is 2.12. The van der Waals surface area contributed by atoms with Crippen LogP contribution in [0.3, 0.4) is 0 Å². The van der Waals surface area contributed by atoms with Gasteiger partial charge in [0.15, 0.2) is 0 Å². The summed E-state index contributed by atoms with van der Waals surface area (Å²) in [6.07, 6.45) is 2.59. The van der Waals surface area contributed by atoms with Gasteiger partial charge < -0.3 is 10.6 Å². The lowest BCUT2D eigenvalue weighted by molar-refractivity contribution is 0.0954. The molecule has 2 rings (SSSR count). The second kappa shape index (κ2) is 10.9. The highest BCUT2D eigenvalue weighted by molar-refractivity contribution is 5.94. The summed E-state index contributed by atoms with van der Waals surface area (Å²) >= 11 is 0. The van der Waals surface area contributed by atoms with Gasteiger partial charge in [0.2, 0.25) is 0 Å². The molecule has 1 aromatic carbocycles. The molecular weight excluding hydrogens is 309 g/mol. The maximum Gasteiger partial charge on any atom is 0.251 e. The zero-order valence-electron chi connectivity index (χ0n) is 12.4. The Morgan fingerprint density at radius 3 is 2.57 bits per heavy atom. The Morgan fingerprint density at radius 2 is 1.90 bits per heavy atom. The summed E-state index contributed by atoms with van der Waals surface area (Å²) in [5.41, 5.74) is 1.98. The number of nitrogens with zero attached hydrogens (tertiary/aromatic N) is 1. The Bertz CT molecular complexity index is 423. The fourth-order valence-electron chi connectivity index (χ4n) is 2.41. The number of halogens is 2. The van der Waals surface area contributed by atoms with Crippen LogP contribution in [0.5, 0.6) is 0 Å². The van der Waals surface area contributed by atoms with Crippen LogP contribution in [0.2, 0.25) is 0 Å². The van der Waals surface area contributed by atoms with Gasteiger partial charge in [-0.25, -0.2) is 0 Å². The van der Waals surface area contributed by atoms with E-state index >= 15 is 0 Å². The van der Waals surface area contributed by atoms with Crippen molar-refractivity contribution in [2.24, 2.45) is 0 Å². The molecule has 1 aromatic rings. The molecule has 4 nitrogen and oxygen atoms in total. The first-order valence-electron chi connectivity index (χ1n) is 7.03. The first-order valence-corrected chi connectivity index (χ1v) is 7.03. The highest BCUT2D eigenvalue weighted by Crippen LogP contribution is 2.13. The van der Waals surface area contributed by atoms with Gasteiger partial charge in [-0.15, -0.1) is 24.8 Å². The Kier molecular flexibility index (Phi) is 10.4. The largest absolute Gasteiger partial charge is 0.351 e. The van der Waals surface area contributed by atoms with E-state index in [9.17, 15) is 4.79 Å². The van der Waals surface area contributed by atoms with Crippen molar-refractivity contribution >= 4 is 30.7 Å². The van der Waals surface area contributed by atoms with Crippen LogP contribution in [-0.2, 0) is 6.54 Å². The van der Waals surface area contributed by atoms with Gasteiger partial charge >= 0.3 is 0 Å². The third-order valence-corrected chi connectivity index (χ3v) is 3.45. The topological polar surface area (TPSA) is 44.4 Å². The predicted octanol–water partition coefficient (Wildman–Crippen LogP) is 2.08. The average Bonchev–Trinajstić information content (AvgIpc) is 2.92. The SMILES string of the molecule is CNCCNC(=O)c1cccc(CN2CCCC2)c1.Cl.Cl. The second-order valence-corrected chi connectivity index (χ2v) is 5.04. The molecule has 1 heterocycles. The van der Waals surface area contributed by atoms with Crippen LogP contribution in [-0.4, -0.2) is 44.0 Å². The fourth-order valence-corrected chi connectivity index (χ4v) is 2.41. The molecule has 0 saturated carbocycles. The normalized spacial score (nSPS) is 14.1. The lowest BCUT2D eigenvalue weighted by Gasteiger charge is -2.15. The van der Waals surface area contributed by atoms with Crippen LogP contribution in [0.4, 0.5) is 0 Å². The van der Waals surface area contributed by atoms with Crippen molar-refractivity contribution in [1.82, 2.24) is 15.5 Å². The van der Waals surface area contributed by atoms with E-state index in [1.165, 1.54) is 31.5 Å². The van der Waals surface area contributed by atoms with Crippen molar-refractivity contribution in [1.29, 1.82) is 0 Å². The lowest BCUT2D eigenvalue weighted by Crippen LogP contribution is -2.30. The minimum Gasteiger partial charge on any atom is -0.351 e. The third kappa shape index (κ3) is 6.66. The van der Waals surface area contributed by atoms with Crippen LogP contribution in [0.15, 0.2) is 24.3 Å². The number of hydrogen-bond acceptors (Lipinski definition) is 3. The van der Waals surface area contributed by atoms with Crippen molar-refractivity contribution in [2.45, 2.75) is 19.4 Å². The summed E-state index contributed by atoms with van der Waals surface area (Å²) in [4.78, 5) is 14.4. The van der Waals surface area contributed by atoms with Gasteiger partial charge in [0.25, 0.3) is 5.91 Å². The number of rotatable bonds is 6. The molecule has 0 aliphatic carbocycles. The molecule has 0 spiro atoms. The summed E-state index contributed by atoms with van der Waals surface area (Å²) in [5, 5.41) is 5.92. The number of amides is 1. The van der Waals surface area contributed by atoms with E-state index in [2.05, 4.69) is 21.6 Å². The number of benzene rings is 1. The number of likely N-dealkylation sites (tertiary alicyclic amines) is 1. The molecule has 0 radical (unpaired) electrons. The van der Waals surface area contributed by atoms with Gasteiger partial charge in [-0.1, -0.05) is 12.1 Å². The quantitative estimate of drug-likeness (QED) is 0.783. The minimum atomic E-state index is 0. The van der Waals surface area contributed by atoms with E-state index in [0.29, 0.717) is 6.54 Å². The molecule has 1 aliphatic heterocycles. The molecule has 0 aromatic heterocycles. The molecule has 2 N–H and O–H groups in total. The minimum absolute atomic E-state index is 0. The van der Waals surface area contributed by atoms with E-state index in [1.807, 2.05) is 25.2 Å². The average molecular weight is 334 g/mol. The molecule has 1 saturated heterocycles. The van der Waals surface area contributed by atoms with Gasteiger partial charge in [0, 0.05) is 25.2 Å². The summed E-state index contributed by atoms with van der Waals surface area (Å²) in [7, 11) is 1.88. The monoisotopic (exact) mass is 333 g/mol. The molecule has 1 amide bonds. The van der Waals surface area contributed by atoms with Crippen LogP contribution in [0.1, 0.15) is 28.8 Å². The van der Waals surface area contributed by atoms with E-state index in [-0.39, 0.29) is 30.7 Å². The molecule has 0 atom stereocenters. The van der Waals surface area contributed by atoms with E-state index in [4.69, 9.17) is 0 Å². The first-order chi connectivity index (χ1) is 9.29. The predicted molar refractivity (Wildman–Crippen MR) is 91.7 cm³/mol. The van der Waals surface area contributed by atoms with E-state index in [0.717, 1.165) is 18.7 Å². The molecular formula is C15H25Cl2N3O. The maximum absolute atomic E-state index is 12.0. The molecule has 0 unspecified atom stereocenters. The van der Waals surface area contributed by atoms with Gasteiger partial charge in [0.1, 0.15) is 0 Å². The molecule has 6 heteroatoms. The van der Waals surface area contributed by atoms with Gasteiger partial charge in [-0.3, -0.25) is 9.69 Å². The van der Waals surface area contributed by atoms with Crippen LogP contribution in [0, 0.1) is 0 Å². The summed E-state index contributed by atoms with van der Waals surface area (Å²) in [6.45, 7) is 4.76. The zero-order valence-corrected chi connectivity index (χ0v) is 14.1. The molecule has 0 bridgehead atoms. The number of likely N-dealkylation sites (N-methyl/N-ethyl adjacent to an activating group) is 1. The Balaban J connectivity index is 0.00000200. The standard InChI is InChI=1S/C15H23N3O.2ClH/c1-16-7-8-17-15(19)14-6-4-5-13(11-14)12-18-9-2-3-10-18;;/h4-6,11,16H,2-3,7-10,12H2,1H3,(H,17,19);2*1H. The Morgan fingerprint density at radius 1 is 1.19 bits per heavy atom. The van der Waals surface area contributed by atoms with Crippen LogP contribution < -0.4 is 10.6 Å². The number of carbonyl (C=O) groups excluding carboxylic acids is 1. The van der Waals surface area contributed by atoms with Crippen molar-refractivity contribution in [3.05, 3.63) is 35.4 Å². The van der Waals surface area contributed by atoms with Crippen LogP contribution >= 0.6 is 24.8 Å². The van der Waals surface area contributed by atoms with Gasteiger partial charge in [0.05, 0.1) is 0 Å². The molecule has 1 fully saturated rings. The van der Waals surface area contributed by atoms with Crippen LogP contribution in [0.25, 0.3) is 0 Å². The Labute approximate surface area is 139 Å². The fraction of sp³-hybridized carbons (Fsp3) is 0.533. The maximum atomic E-state index is 12.0. The Hall–Kier alpha value is -0.810. The summed E-state index contributed by atoms with van der Waals surface area (Å²) < 4.78 is 0. The number of nitrogens with one attached hydrogen (secondary N) is 2. The number of hydrogen-bond donors (Lipinski definition) is 2. The van der Waals surface area contributed by atoms with Gasteiger partial charge in [-0.05, 0) is 50.7 Å². The van der Waals surface area contributed by atoms with Crippen molar-refractivity contribution < 1.29 is 4.79 Å².